The summed E-state index contributed by atoms with van der Waals surface area (Å²) in [5.74, 6) is -2.33. The van der Waals surface area contributed by atoms with Gasteiger partial charge in [-0.3, -0.25) is 0 Å². The predicted octanol–water partition coefficient (Wildman–Crippen LogP) is 4.11. The minimum Gasteiger partial charge on any atom is -0.247 e. The van der Waals surface area contributed by atoms with E-state index < -0.39 is 29.9 Å². The van der Waals surface area contributed by atoms with E-state index in [0.717, 1.165) is 12.1 Å². The molecule has 0 atom stereocenters. The molecule has 0 fully saturated rings. The van der Waals surface area contributed by atoms with Crippen LogP contribution in [0.25, 0.3) is 11.1 Å². The van der Waals surface area contributed by atoms with E-state index in [1.54, 1.807) is 6.07 Å². The maximum atomic E-state index is 13.7. The average molecular weight is 298 g/mol. The van der Waals surface area contributed by atoms with Gasteiger partial charge in [0.05, 0.1) is 18.2 Å². The summed E-state index contributed by atoms with van der Waals surface area (Å²) in [6.07, 6.45) is -5.13. The molecular formula is C14H7F5N2. The third kappa shape index (κ3) is 2.99. The van der Waals surface area contributed by atoms with Crippen molar-refractivity contribution in [2.24, 2.45) is 0 Å². The number of hydrogen-bond donors (Lipinski definition) is 0. The highest BCUT2D eigenvalue weighted by molar-refractivity contribution is 5.67. The van der Waals surface area contributed by atoms with Gasteiger partial charge in [0.2, 0.25) is 0 Å². The Morgan fingerprint density at radius 2 is 1.76 bits per heavy atom. The first-order valence-electron chi connectivity index (χ1n) is 5.73. The van der Waals surface area contributed by atoms with Crippen LogP contribution in [0.5, 0.6) is 0 Å². The first kappa shape index (κ1) is 14.9. The second kappa shape index (κ2) is 5.48. The normalized spacial score (nSPS) is 11.2. The van der Waals surface area contributed by atoms with E-state index in [1.165, 1.54) is 12.1 Å². The maximum absolute atomic E-state index is 13.7. The lowest BCUT2D eigenvalue weighted by atomic mass is 10.0. The summed E-state index contributed by atoms with van der Waals surface area (Å²) >= 11 is 0. The molecule has 0 aliphatic heterocycles. The molecule has 0 saturated carbocycles. The Bertz CT molecular complexity index is 716. The zero-order valence-corrected chi connectivity index (χ0v) is 10.4. The Kier molecular flexibility index (Phi) is 3.89. The van der Waals surface area contributed by atoms with Crippen molar-refractivity contribution in [1.82, 2.24) is 4.98 Å². The molecule has 108 valence electrons. The number of rotatable bonds is 2. The van der Waals surface area contributed by atoms with Crippen molar-refractivity contribution in [2.45, 2.75) is 12.6 Å². The lowest BCUT2D eigenvalue weighted by Crippen LogP contribution is -2.10. The summed E-state index contributed by atoms with van der Waals surface area (Å²) in [7, 11) is 0. The monoisotopic (exact) mass is 298 g/mol. The van der Waals surface area contributed by atoms with Gasteiger partial charge in [0.25, 0.3) is 0 Å². The number of nitrogens with zero attached hydrogens (tertiary/aromatic N) is 2. The number of pyridine rings is 1. The minimum atomic E-state index is -4.68. The molecule has 21 heavy (non-hydrogen) atoms. The van der Waals surface area contributed by atoms with Crippen LogP contribution in [0.3, 0.4) is 0 Å². The largest absolute Gasteiger partial charge is 0.433 e. The molecule has 2 aromatic rings. The molecule has 0 radical (unpaired) electrons. The van der Waals surface area contributed by atoms with Gasteiger partial charge >= 0.3 is 6.18 Å². The predicted molar refractivity (Wildman–Crippen MR) is 63.9 cm³/mol. The Morgan fingerprint density at radius 3 is 2.38 bits per heavy atom. The number of benzene rings is 1. The molecule has 0 unspecified atom stereocenters. The average Bonchev–Trinajstić information content (AvgIpc) is 2.41. The van der Waals surface area contributed by atoms with Gasteiger partial charge < -0.3 is 0 Å². The van der Waals surface area contributed by atoms with Crippen molar-refractivity contribution in [3.63, 3.8) is 0 Å². The molecule has 0 aliphatic carbocycles. The topological polar surface area (TPSA) is 36.7 Å². The van der Waals surface area contributed by atoms with Gasteiger partial charge in [0, 0.05) is 11.1 Å². The molecule has 0 bridgehead atoms. The Hall–Kier alpha value is -2.49. The second-order valence-electron chi connectivity index (χ2n) is 4.12. The van der Waals surface area contributed by atoms with E-state index >= 15 is 0 Å². The van der Waals surface area contributed by atoms with Crippen LogP contribution in [-0.2, 0) is 12.6 Å². The van der Waals surface area contributed by atoms with Crippen molar-refractivity contribution in [2.75, 3.05) is 0 Å². The molecule has 0 saturated heterocycles. The van der Waals surface area contributed by atoms with Crippen LogP contribution >= 0.6 is 0 Å². The number of alkyl halides is 3. The maximum Gasteiger partial charge on any atom is 0.433 e. The van der Waals surface area contributed by atoms with E-state index in [9.17, 15) is 22.0 Å². The summed E-state index contributed by atoms with van der Waals surface area (Å²) in [5.41, 5.74) is -1.71. The standard InChI is InChI=1S/C14H7F5N2/c15-10-3-1-2-9(13(10)16)8-4-5-12(14(17,18)19)21-11(8)6-7-20/h1-5H,6H2. The number of halogens is 5. The summed E-state index contributed by atoms with van der Waals surface area (Å²) in [5, 5.41) is 8.67. The zero-order valence-electron chi connectivity index (χ0n) is 10.4. The van der Waals surface area contributed by atoms with Crippen LogP contribution < -0.4 is 0 Å². The molecule has 0 amide bonds. The highest BCUT2D eigenvalue weighted by Crippen LogP contribution is 2.32. The summed E-state index contributed by atoms with van der Waals surface area (Å²) in [6, 6.07) is 6.64. The van der Waals surface area contributed by atoms with Crippen molar-refractivity contribution in [1.29, 1.82) is 5.26 Å². The van der Waals surface area contributed by atoms with Gasteiger partial charge in [0.1, 0.15) is 5.69 Å². The molecule has 1 aromatic heterocycles. The van der Waals surface area contributed by atoms with Crippen molar-refractivity contribution >= 4 is 0 Å². The van der Waals surface area contributed by atoms with E-state index in [1.807, 2.05) is 0 Å². The fourth-order valence-corrected chi connectivity index (χ4v) is 1.83. The molecule has 2 nitrogen and oxygen atoms in total. The number of aromatic nitrogens is 1. The highest BCUT2D eigenvalue weighted by Gasteiger charge is 2.33. The van der Waals surface area contributed by atoms with E-state index in [4.69, 9.17) is 5.26 Å². The summed E-state index contributed by atoms with van der Waals surface area (Å²) in [6.45, 7) is 0. The third-order valence-corrected chi connectivity index (χ3v) is 2.75. The quantitative estimate of drug-likeness (QED) is 0.782. The van der Waals surface area contributed by atoms with Gasteiger partial charge in [-0.15, -0.1) is 0 Å². The van der Waals surface area contributed by atoms with Crippen molar-refractivity contribution in [3.8, 4) is 17.2 Å². The van der Waals surface area contributed by atoms with Gasteiger partial charge in [0.15, 0.2) is 11.6 Å². The molecule has 0 N–H and O–H groups in total. The summed E-state index contributed by atoms with van der Waals surface area (Å²) < 4.78 is 64.8. The second-order valence-corrected chi connectivity index (χ2v) is 4.12. The molecule has 0 aliphatic rings. The fourth-order valence-electron chi connectivity index (χ4n) is 1.83. The minimum absolute atomic E-state index is 0.0402. The molecular weight excluding hydrogens is 291 g/mol. The number of nitriles is 1. The smallest absolute Gasteiger partial charge is 0.247 e. The van der Waals surface area contributed by atoms with Gasteiger partial charge in [-0.1, -0.05) is 18.2 Å². The zero-order chi connectivity index (χ0) is 15.6. The van der Waals surface area contributed by atoms with Crippen molar-refractivity contribution in [3.05, 3.63) is 53.4 Å². The molecule has 1 heterocycles. The van der Waals surface area contributed by atoms with Crippen molar-refractivity contribution < 1.29 is 22.0 Å². The lowest BCUT2D eigenvalue weighted by molar-refractivity contribution is -0.141. The van der Waals surface area contributed by atoms with E-state index in [2.05, 4.69) is 4.98 Å². The first-order chi connectivity index (χ1) is 9.84. The Morgan fingerprint density at radius 1 is 1.05 bits per heavy atom. The van der Waals surface area contributed by atoms with Crippen LogP contribution in [0.15, 0.2) is 30.3 Å². The lowest BCUT2D eigenvalue weighted by Gasteiger charge is -2.12. The molecule has 7 heteroatoms. The van der Waals surface area contributed by atoms with Crippen LogP contribution in [0.1, 0.15) is 11.4 Å². The van der Waals surface area contributed by atoms with Crippen LogP contribution in [0.2, 0.25) is 0 Å². The first-order valence-corrected chi connectivity index (χ1v) is 5.73. The Balaban J connectivity index is 2.64. The fraction of sp³-hybridized carbons (Fsp3) is 0.143. The van der Waals surface area contributed by atoms with Gasteiger partial charge in [-0.2, -0.15) is 18.4 Å². The highest BCUT2D eigenvalue weighted by atomic mass is 19.4. The van der Waals surface area contributed by atoms with E-state index in [-0.39, 0.29) is 16.8 Å². The van der Waals surface area contributed by atoms with E-state index in [0.29, 0.717) is 6.07 Å². The molecule has 2 rings (SSSR count). The van der Waals surface area contributed by atoms with Gasteiger partial charge in [-0.25, -0.2) is 13.8 Å². The molecule has 0 spiro atoms. The van der Waals surface area contributed by atoms with Crippen LogP contribution in [-0.4, -0.2) is 4.98 Å². The SMILES string of the molecule is N#CCc1nc(C(F)(F)F)ccc1-c1cccc(F)c1F. The summed E-state index contributed by atoms with van der Waals surface area (Å²) in [4.78, 5) is 3.34. The third-order valence-electron chi connectivity index (χ3n) is 2.75. The van der Waals surface area contributed by atoms with Crippen LogP contribution in [0, 0.1) is 23.0 Å². The number of hydrogen-bond acceptors (Lipinski definition) is 2. The van der Waals surface area contributed by atoms with Gasteiger partial charge in [-0.05, 0) is 12.1 Å². The Labute approximate surface area is 116 Å². The van der Waals surface area contributed by atoms with Crippen LogP contribution in [0.4, 0.5) is 22.0 Å². The molecule has 1 aromatic carbocycles.